The summed E-state index contributed by atoms with van der Waals surface area (Å²) in [7, 11) is 0. The van der Waals surface area contributed by atoms with Crippen LogP contribution in [0.4, 0.5) is 0 Å². The summed E-state index contributed by atoms with van der Waals surface area (Å²) in [6.45, 7) is 7.19. The highest BCUT2D eigenvalue weighted by atomic mass is 35.5. The Kier molecular flexibility index (Phi) is 4.23. The van der Waals surface area contributed by atoms with Gasteiger partial charge >= 0.3 is 0 Å². The molecule has 0 aliphatic carbocycles. The Morgan fingerprint density at radius 2 is 1.93 bits per heavy atom. The van der Waals surface area contributed by atoms with Gasteiger partial charge in [0.05, 0.1) is 5.02 Å². The molecule has 2 nitrogen and oxygen atoms in total. The standard InChI is InChI=1S/C11H16ClNO/c1-3-13(4-2)8-9-5-6-11(14)10(12)7-9/h5-7,14H,3-4,8H2,1-2H3. The molecule has 1 N–H and O–H groups in total. The SMILES string of the molecule is CCN(CC)Cc1ccc(O)c(Cl)c1. The Hall–Kier alpha value is -0.730. The Bertz CT molecular complexity index is 297. The monoisotopic (exact) mass is 213 g/mol. The Labute approximate surface area is 90.1 Å². The van der Waals surface area contributed by atoms with Crippen molar-refractivity contribution in [2.75, 3.05) is 13.1 Å². The van der Waals surface area contributed by atoms with Crippen molar-refractivity contribution >= 4 is 11.6 Å². The molecule has 1 aromatic rings. The number of phenols is 1. The molecule has 78 valence electrons. The summed E-state index contributed by atoms with van der Waals surface area (Å²) < 4.78 is 0. The number of aromatic hydroxyl groups is 1. The van der Waals surface area contributed by atoms with Crippen molar-refractivity contribution in [3.05, 3.63) is 28.8 Å². The second kappa shape index (κ2) is 5.23. The van der Waals surface area contributed by atoms with E-state index >= 15 is 0 Å². The number of halogens is 1. The summed E-state index contributed by atoms with van der Waals surface area (Å²) in [6.07, 6.45) is 0. The van der Waals surface area contributed by atoms with E-state index in [9.17, 15) is 5.11 Å². The van der Waals surface area contributed by atoms with E-state index in [2.05, 4.69) is 18.7 Å². The number of rotatable bonds is 4. The van der Waals surface area contributed by atoms with Gasteiger partial charge in [-0.05, 0) is 30.8 Å². The van der Waals surface area contributed by atoms with Gasteiger partial charge in [-0.15, -0.1) is 0 Å². The molecule has 3 heteroatoms. The summed E-state index contributed by atoms with van der Waals surface area (Å²) in [4.78, 5) is 2.29. The van der Waals surface area contributed by atoms with Crippen molar-refractivity contribution in [3.8, 4) is 5.75 Å². The number of hydrogen-bond acceptors (Lipinski definition) is 2. The Balaban J connectivity index is 2.72. The topological polar surface area (TPSA) is 23.5 Å². The maximum absolute atomic E-state index is 9.25. The lowest BCUT2D eigenvalue weighted by Gasteiger charge is -2.18. The lowest BCUT2D eigenvalue weighted by Crippen LogP contribution is -2.21. The average molecular weight is 214 g/mol. The molecular formula is C11H16ClNO. The maximum atomic E-state index is 9.25. The van der Waals surface area contributed by atoms with Gasteiger partial charge in [0.1, 0.15) is 5.75 Å². The van der Waals surface area contributed by atoms with E-state index in [-0.39, 0.29) is 5.75 Å². The Morgan fingerprint density at radius 3 is 2.43 bits per heavy atom. The summed E-state index contributed by atoms with van der Waals surface area (Å²) >= 11 is 5.82. The first-order chi connectivity index (χ1) is 6.67. The zero-order chi connectivity index (χ0) is 10.6. The van der Waals surface area contributed by atoms with E-state index in [1.165, 1.54) is 0 Å². The largest absolute Gasteiger partial charge is 0.506 e. The molecule has 14 heavy (non-hydrogen) atoms. The van der Waals surface area contributed by atoms with Crippen LogP contribution in [0.3, 0.4) is 0 Å². The summed E-state index contributed by atoms with van der Waals surface area (Å²) in [5.41, 5.74) is 1.14. The first-order valence-electron chi connectivity index (χ1n) is 4.87. The van der Waals surface area contributed by atoms with E-state index in [4.69, 9.17) is 11.6 Å². The van der Waals surface area contributed by atoms with Gasteiger partial charge in [0, 0.05) is 6.54 Å². The van der Waals surface area contributed by atoms with Crippen LogP contribution in [-0.2, 0) is 6.54 Å². The summed E-state index contributed by atoms with van der Waals surface area (Å²) in [6, 6.07) is 5.36. The fraction of sp³-hybridized carbons (Fsp3) is 0.455. The second-order valence-corrected chi connectivity index (χ2v) is 3.65. The first kappa shape index (κ1) is 11.3. The van der Waals surface area contributed by atoms with E-state index in [1.54, 1.807) is 6.07 Å². The van der Waals surface area contributed by atoms with Gasteiger partial charge < -0.3 is 5.11 Å². The van der Waals surface area contributed by atoms with Crippen molar-refractivity contribution in [2.24, 2.45) is 0 Å². The third kappa shape index (κ3) is 2.89. The lowest BCUT2D eigenvalue weighted by molar-refractivity contribution is 0.296. The summed E-state index contributed by atoms with van der Waals surface area (Å²) in [5, 5.41) is 9.67. The van der Waals surface area contributed by atoms with Crippen LogP contribution < -0.4 is 0 Å². The van der Waals surface area contributed by atoms with E-state index < -0.39 is 0 Å². The van der Waals surface area contributed by atoms with Crippen LogP contribution in [0.25, 0.3) is 0 Å². The van der Waals surface area contributed by atoms with E-state index in [1.807, 2.05) is 12.1 Å². The molecule has 0 fully saturated rings. The van der Waals surface area contributed by atoms with Gasteiger partial charge in [0.25, 0.3) is 0 Å². The third-order valence-electron chi connectivity index (χ3n) is 2.31. The first-order valence-corrected chi connectivity index (χ1v) is 5.25. The fourth-order valence-electron chi connectivity index (χ4n) is 1.35. The molecular weight excluding hydrogens is 198 g/mol. The second-order valence-electron chi connectivity index (χ2n) is 3.25. The van der Waals surface area contributed by atoms with Crippen LogP contribution in [0, 0.1) is 0 Å². The average Bonchev–Trinajstić information content (AvgIpc) is 2.19. The van der Waals surface area contributed by atoms with Gasteiger partial charge in [-0.25, -0.2) is 0 Å². The zero-order valence-electron chi connectivity index (χ0n) is 8.63. The van der Waals surface area contributed by atoms with Crippen LogP contribution >= 0.6 is 11.6 Å². The van der Waals surface area contributed by atoms with Crippen molar-refractivity contribution in [2.45, 2.75) is 20.4 Å². The lowest BCUT2D eigenvalue weighted by atomic mass is 10.2. The molecule has 0 aliphatic heterocycles. The molecule has 0 atom stereocenters. The highest BCUT2D eigenvalue weighted by molar-refractivity contribution is 6.32. The number of nitrogens with zero attached hydrogens (tertiary/aromatic N) is 1. The molecule has 0 saturated heterocycles. The molecule has 1 aromatic carbocycles. The highest BCUT2D eigenvalue weighted by Crippen LogP contribution is 2.24. The number of hydrogen-bond donors (Lipinski definition) is 1. The van der Waals surface area contributed by atoms with Gasteiger partial charge in [0.2, 0.25) is 0 Å². The van der Waals surface area contributed by atoms with Gasteiger partial charge in [-0.2, -0.15) is 0 Å². The van der Waals surface area contributed by atoms with Gasteiger partial charge in [-0.1, -0.05) is 31.5 Å². The molecule has 0 spiro atoms. The molecule has 0 unspecified atom stereocenters. The molecule has 0 heterocycles. The minimum atomic E-state index is 0.148. The molecule has 0 bridgehead atoms. The molecule has 1 rings (SSSR count). The van der Waals surface area contributed by atoms with Crippen LogP contribution in [0.2, 0.25) is 5.02 Å². The smallest absolute Gasteiger partial charge is 0.134 e. The quantitative estimate of drug-likeness (QED) is 0.832. The summed E-state index contributed by atoms with van der Waals surface area (Å²) in [5.74, 6) is 0.148. The van der Waals surface area contributed by atoms with Crippen molar-refractivity contribution < 1.29 is 5.11 Å². The predicted octanol–water partition coefficient (Wildman–Crippen LogP) is 2.89. The molecule has 0 amide bonds. The normalized spacial score (nSPS) is 10.9. The maximum Gasteiger partial charge on any atom is 0.134 e. The van der Waals surface area contributed by atoms with Crippen LogP contribution in [-0.4, -0.2) is 23.1 Å². The van der Waals surface area contributed by atoms with Crippen molar-refractivity contribution in [1.82, 2.24) is 4.90 Å². The third-order valence-corrected chi connectivity index (χ3v) is 2.62. The molecule has 0 aliphatic rings. The number of benzene rings is 1. The van der Waals surface area contributed by atoms with Gasteiger partial charge in [0.15, 0.2) is 0 Å². The van der Waals surface area contributed by atoms with E-state index in [0.29, 0.717) is 5.02 Å². The van der Waals surface area contributed by atoms with Crippen molar-refractivity contribution in [3.63, 3.8) is 0 Å². The van der Waals surface area contributed by atoms with E-state index in [0.717, 1.165) is 25.2 Å². The predicted molar refractivity (Wildman–Crippen MR) is 59.7 cm³/mol. The molecule has 0 aromatic heterocycles. The Morgan fingerprint density at radius 1 is 1.29 bits per heavy atom. The minimum absolute atomic E-state index is 0.148. The molecule has 0 radical (unpaired) electrons. The van der Waals surface area contributed by atoms with Gasteiger partial charge in [-0.3, -0.25) is 4.90 Å². The zero-order valence-corrected chi connectivity index (χ0v) is 9.38. The minimum Gasteiger partial charge on any atom is -0.506 e. The molecule has 0 saturated carbocycles. The van der Waals surface area contributed by atoms with Crippen LogP contribution in [0.1, 0.15) is 19.4 Å². The van der Waals surface area contributed by atoms with Crippen LogP contribution in [0.5, 0.6) is 5.75 Å². The van der Waals surface area contributed by atoms with Crippen LogP contribution in [0.15, 0.2) is 18.2 Å². The number of phenolic OH excluding ortho intramolecular Hbond substituents is 1. The van der Waals surface area contributed by atoms with Crippen molar-refractivity contribution in [1.29, 1.82) is 0 Å². The fourth-order valence-corrected chi connectivity index (χ4v) is 1.56. The highest BCUT2D eigenvalue weighted by Gasteiger charge is 2.03.